The van der Waals surface area contributed by atoms with Crippen LogP contribution in [0.1, 0.15) is 19.4 Å². The molecular formula is C17H24N4O2S. The Morgan fingerprint density at radius 1 is 1.29 bits per heavy atom. The van der Waals surface area contributed by atoms with Crippen molar-refractivity contribution < 1.29 is 9.53 Å². The van der Waals surface area contributed by atoms with Crippen LogP contribution in [-0.2, 0) is 0 Å². The number of hydrogen-bond acceptors (Lipinski definition) is 5. The fourth-order valence-corrected chi connectivity index (χ4v) is 3.94. The Kier molecular flexibility index (Phi) is 4.80. The second-order valence-electron chi connectivity index (χ2n) is 6.34. The molecule has 130 valence electrons. The van der Waals surface area contributed by atoms with Crippen molar-refractivity contribution in [2.24, 2.45) is 0 Å². The highest BCUT2D eigenvalue weighted by atomic mass is 32.1. The smallest absolute Gasteiger partial charge is 0.317 e. The lowest BCUT2D eigenvalue weighted by atomic mass is 10.2. The number of piperazine rings is 1. The maximum absolute atomic E-state index is 12.1. The normalized spacial score (nSPS) is 15.2. The van der Waals surface area contributed by atoms with Crippen molar-refractivity contribution in [2.75, 3.05) is 38.2 Å². The molecule has 0 saturated carbocycles. The predicted molar refractivity (Wildman–Crippen MR) is 98.4 cm³/mol. The fraction of sp³-hybridized carbons (Fsp3) is 0.529. The van der Waals surface area contributed by atoms with Gasteiger partial charge in [0.1, 0.15) is 11.3 Å². The Morgan fingerprint density at radius 3 is 2.62 bits per heavy atom. The molecule has 0 radical (unpaired) electrons. The van der Waals surface area contributed by atoms with Crippen LogP contribution >= 0.6 is 11.3 Å². The molecule has 24 heavy (non-hydrogen) atoms. The number of carbonyl (C=O) groups excluding carboxylic acids is 1. The molecule has 0 spiro atoms. The molecular weight excluding hydrogens is 324 g/mol. The van der Waals surface area contributed by atoms with Gasteiger partial charge in [-0.1, -0.05) is 17.4 Å². The average Bonchev–Trinajstić information content (AvgIpc) is 3.01. The number of aromatic nitrogens is 1. The van der Waals surface area contributed by atoms with E-state index in [9.17, 15) is 4.79 Å². The van der Waals surface area contributed by atoms with Crippen molar-refractivity contribution in [1.82, 2.24) is 15.2 Å². The largest absolute Gasteiger partial charge is 0.494 e. The minimum atomic E-state index is 0.0199. The quantitative estimate of drug-likeness (QED) is 0.927. The van der Waals surface area contributed by atoms with Gasteiger partial charge in [-0.25, -0.2) is 9.78 Å². The number of rotatable bonds is 3. The highest BCUT2D eigenvalue weighted by molar-refractivity contribution is 7.22. The van der Waals surface area contributed by atoms with Gasteiger partial charge >= 0.3 is 6.03 Å². The van der Waals surface area contributed by atoms with Crippen LogP contribution in [0.3, 0.4) is 0 Å². The predicted octanol–water partition coefficient (Wildman–Crippen LogP) is 2.85. The molecule has 3 rings (SSSR count). The Labute approximate surface area is 146 Å². The number of aryl methyl sites for hydroxylation is 1. The summed E-state index contributed by atoms with van der Waals surface area (Å²) >= 11 is 1.70. The third-order valence-corrected chi connectivity index (χ3v) is 5.41. The molecule has 2 aromatic rings. The number of anilines is 1. The van der Waals surface area contributed by atoms with Crippen LogP contribution in [0.15, 0.2) is 12.1 Å². The van der Waals surface area contributed by atoms with Crippen molar-refractivity contribution in [2.45, 2.75) is 26.8 Å². The summed E-state index contributed by atoms with van der Waals surface area (Å²) in [5.74, 6) is 0.813. The zero-order valence-corrected chi connectivity index (χ0v) is 15.4. The first-order valence-corrected chi connectivity index (χ1v) is 9.05. The molecule has 0 atom stereocenters. The van der Waals surface area contributed by atoms with E-state index in [1.807, 2.05) is 24.8 Å². The minimum absolute atomic E-state index is 0.0199. The maximum Gasteiger partial charge on any atom is 0.317 e. The van der Waals surface area contributed by atoms with Crippen molar-refractivity contribution >= 4 is 32.7 Å². The number of methoxy groups -OCH3 is 1. The Hall–Kier alpha value is -2.02. The number of thiazole rings is 1. The van der Waals surface area contributed by atoms with Crippen LogP contribution in [0.5, 0.6) is 5.75 Å². The maximum atomic E-state index is 12.1. The van der Waals surface area contributed by atoms with Gasteiger partial charge in [0.15, 0.2) is 5.13 Å². The van der Waals surface area contributed by atoms with Gasteiger partial charge < -0.3 is 19.9 Å². The van der Waals surface area contributed by atoms with Crippen LogP contribution < -0.4 is 15.0 Å². The van der Waals surface area contributed by atoms with E-state index in [4.69, 9.17) is 9.72 Å². The van der Waals surface area contributed by atoms with Crippen molar-refractivity contribution in [3.8, 4) is 5.75 Å². The number of fused-ring (bicyclic) bond motifs is 1. The van der Waals surface area contributed by atoms with Crippen LogP contribution in [-0.4, -0.2) is 55.2 Å². The molecule has 1 saturated heterocycles. The van der Waals surface area contributed by atoms with E-state index >= 15 is 0 Å². The van der Waals surface area contributed by atoms with E-state index in [0.717, 1.165) is 29.5 Å². The molecule has 0 aliphatic carbocycles. The SMILES string of the molecule is COc1ccc(C)c2sc(N3CCN(C(=O)NC(C)C)CC3)nc12. The summed E-state index contributed by atoms with van der Waals surface area (Å²) in [6.07, 6.45) is 0. The Morgan fingerprint density at radius 2 is 2.00 bits per heavy atom. The van der Waals surface area contributed by atoms with Crippen LogP contribution in [0.2, 0.25) is 0 Å². The van der Waals surface area contributed by atoms with E-state index in [1.165, 1.54) is 10.3 Å². The molecule has 2 amide bonds. The molecule has 1 N–H and O–H groups in total. The zero-order chi connectivity index (χ0) is 17.3. The molecule has 1 aliphatic rings. The first-order chi connectivity index (χ1) is 11.5. The minimum Gasteiger partial charge on any atom is -0.494 e. The van der Waals surface area contributed by atoms with Gasteiger partial charge in [-0.15, -0.1) is 0 Å². The highest BCUT2D eigenvalue weighted by Crippen LogP contribution is 2.36. The van der Waals surface area contributed by atoms with Gasteiger partial charge in [-0.05, 0) is 32.4 Å². The second-order valence-corrected chi connectivity index (χ2v) is 7.31. The summed E-state index contributed by atoms with van der Waals surface area (Å²) < 4.78 is 6.60. The van der Waals surface area contributed by atoms with E-state index in [-0.39, 0.29) is 12.1 Å². The molecule has 2 heterocycles. The third-order valence-electron chi connectivity index (χ3n) is 4.16. The number of benzene rings is 1. The summed E-state index contributed by atoms with van der Waals surface area (Å²) in [6.45, 7) is 9.07. The standard InChI is InChI=1S/C17H24N4O2S/c1-11(2)18-16(22)20-7-9-21(10-8-20)17-19-14-13(23-4)6-5-12(3)15(14)24-17/h5-6,11H,7-10H2,1-4H3,(H,18,22). The summed E-state index contributed by atoms with van der Waals surface area (Å²) in [7, 11) is 1.68. The van der Waals surface area contributed by atoms with E-state index < -0.39 is 0 Å². The van der Waals surface area contributed by atoms with E-state index in [1.54, 1.807) is 18.4 Å². The lowest BCUT2D eigenvalue weighted by Gasteiger charge is -2.34. The second kappa shape index (κ2) is 6.84. The van der Waals surface area contributed by atoms with Crippen LogP contribution in [0.25, 0.3) is 10.2 Å². The molecule has 1 aliphatic heterocycles. The molecule has 7 heteroatoms. The van der Waals surface area contributed by atoms with Gasteiger partial charge in [0.2, 0.25) is 0 Å². The summed E-state index contributed by atoms with van der Waals surface area (Å²) in [5.41, 5.74) is 2.14. The summed E-state index contributed by atoms with van der Waals surface area (Å²) in [4.78, 5) is 21.0. The van der Waals surface area contributed by atoms with Crippen molar-refractivity contribution in [1.29, 1.82) is 0 Å². The summed E-state index contributed by atoms with van der Waals surface area (Å²) in [5, 5.41) is 3.95. The van der Waals surface area contributed by atoms with E-state index in [0.29, 0.717) is 13.1 Å². The Balaban J connectivity index is 1.74. The molecule has 6 nitrogen and oxygen atoms in total. The average molecular weight is 348 g/mol. The number of nitrogens with one attached hydrogen (secondary N) is 1. The van der Waals surface area contributed by atoms with Gasteiger partial charge in [0.25, 0.3) is 0 Å². The molecule has 1 aromatic heterocycles. The number of carbonyl (C=O) groups is 1. The molecule has 0 bridgehead atoms. The third kappa shape index (κ3) is 3.26. The van der Waals surface area contributed by atoms with Crippen LogP contribution in [0.4, 0.5) is 9.93 Å². The van der Waals surface area contributed by atoms with Crippen molar-refractivity contribution in [3.05, 3.63) is 17.7 Å². The molecule has 1 aromatic carbocycles. The van der Waals surface area contributed by atoms with Gasteiger partial charge in [0, 0.05) is 32.2 Å². The van der Waals surface area contributed by atoms with Crippen LogP contribution in [0, 0.1) is 6.92 Å². The van der Waals surface area contributed by atoms with Crippen molar-refractivity contribution in [3.63, 3.8) is 0 Å². The number of nitrogens with zero attached hydrogens (tertiary/aromatic N) is 3. The first kappa shape index (κ1) is 16.8. The number of amides is 2. The van der Waals surface area contributed by atoms with Gasteiger partial charge in [-0.2, -0.15) is 0 Å². The number of urea groups is 1. The van der Waals surface area contributed by atoms with Gasteiger partial charge in [-0.3, -0.25) is 0 Å². The number of hydrogen-bond donors (Lipinski definition) is 1. The highest BCUT2D eigenvalue weighted by Gasteiger charge is 2.24. The zero-order valence-electron chi connectivity index (χ0n) is 14.6. The van der Waals surface area contributed by atoms with Gasteiger partial charge in [0.05, 0.1) is 11.8 Å². The topological polar surface area (TPSA) is 57.7 Å². The molecule has 0 unspecified atom stereocenters. The monoisotopic (exact) mass is 348 g/mol. The lowest BCUT2D eigenvalue weighted by molar-refractivity contribution is 0.192. The first-order valence-electron chi connectivity index (χ1n) is 8.24. The van der Waals surface area contributed by atoms with E-state index in [2.05, 4.69) is 23.2 Å². The fourth-order valence-electron chi connectivity index (χ4n) is 2.84. The lowest BCUT2D eigenvalue weighted by Crippen LogP contribution is -2.52. The Bertz CT molecular complexity index is 736. The number of ether oxygens (including phenoxy) is 1. The summed E-state index contributed by atoms with van der Waals surface area (Å²) in [6, 6.07) is 4.22. The molecule has 1 fully saturated rings.